The predicted molar refractivity (Wildman–Crippen MR) is 141 cm³/mol. The van der Waals surface area contributed by atoms with E-state index in [1.807, 2.05) is 0 Å². The number of rotatable bonds is 7. The number of aliphatic hydroxyl groups excluding tert-OH is 3. The van der Waals surface area contributed by atoms with Gasteiger partial charge in [-0.2, -0.15) is 22.0 Å². The molecule has 1 aliphatic carbocycles. The SMILES string of the molecule is Cc1ncnc2c1ncn2[C@@H]1O[C@H](COc2cc(CC[C@]3(O)c4ccccc4C(O)C3(F)F)cc(C(F)(F)F)c2)[C@@H](O)[C@H]1O. The van der Waals surface area contributed by atoms with Crippen molar-refractivity contribution < 1.29 is 51.9 Å². The van der Waals surface area contributed by atoms with E-state index in [9.17, 15) is 33.6 Å². The minimum atomic E-state index is -4.82. The minimum absolute atomic E-state index is 0.0661. The lowest BCUT2D eigenvalue weighted by molar-refractivity contribution is -0.226. The van der Waals surface area contributed by atoms with Crippen molar-refractivity contribution >= 4 is 11.2 Å². The second-order valence-electron chi connectivity index (χ2n) is 11.0. The van der Waals surface area contributed by atoms with Crippen LogP contribution in [-0.2, 0) is 22.9 Å². The van der Waals surface area contributed by atoms with Crippen LogP contribution in [0, 0.1) is 6.92 Å². The number of halogens is 5. The molecule has 1 fully saturated rings. The van der Waals surface area contributed by atoms with Crippen molar-refractivity contribution in [3.8, 4) is 5.75 Å². The highest BCUT2D eigenvalue weighted by Crippen LogP contribution is 2.56. The molecule has 0 saturated carbocycles. The number of hydrogen-bond donors (Lipinski definition) is 4. The zero-order valence-electron chi connectivity index (χ0n) is 23.0. The molecular weight excluding hydrogens is 595 g/mol. The molecule has 1 unspecified atom stereocenters. The summed E-state index contributed by atoms with van der Waals surface area (Å²) in [5.74, 6) is -4.29. The molecule has 234 valence electrons. The molecule has 1 aliphatic heterocycles. The van der Waals surface area contributed by atoms with Crippen LogP contribution in [0.1, 0.15) is 46.7 Å². The van der Waals surface area contributed by atoms with Crippen molar-refractivity contribution in [3.05, 3.63) is 83.1 Å². The number of aryl methyl sites for hydroxylation is 2. The van der Waals surface area contributed by atoms with Gasteiger partial charge in [0.15, 0.2) is 17.5 Å². The lowest BCUT2D eigenvalue weighted by Gasteiger charge is -2.32. The normalized spacial score (nSPS) is 28.0. The molecule has 0 spiro atoms. The average molecular weight is 623 g/mol. The summed E-state index contributed by atoms with van der Waals surface area (Å²) in [6.45, 7) is 1.24. The number of alkyl halides is 5. The highest BCUT2D eigenvalue weighted by atomic mass is 19.4. The number of aromatic nitrogens is 4. The Balaban J connectivity index is 1.21. The number of ether oxygens (including phenoxy) is 2. The van der Waals surface area contributed by atoms with E-state index in [1.54, 1.807) is 6.92 Å². The highest BCUT2D eigenvalue weighted by Gasteiger charge is 2.64. The van der Waals surface area contributed by atoms with Crippen LogP contribution in [-0.4, -0.2) is 70.8 Å². The highest BCUT2D eigenvalue weighted by molar-refractivity contribution is 5.72. The summed E-state index contributed by atoms with van der Waals surface area (Å²) >= 11 is 0. The van der Waals surface area contributed by atoms with Crippen LogP contribution in [0.4, 0.5) is 22.0 Å². The number of hydrogen-bond acceptors (Lipinski definition) is 9. The van der Waals surface area contributed by atoms with E-state index >= 15 is 8.78 Å². The standard InChI is InChI=1S/C29H27F5N4O6/c1-14-21-25(36-12-35-14)38(13-37-21)26-23(40)22(39)20(44-26)11-43-17-9-15(8-16(10-17)29(32,33)34)6-7-27(42)19-5-3-2-4-18(19)24(41)28(27,30)31/h2-5,8-10,12-13,20,22-24,26,39-42H,6-7,11H2,1H3/t20-,22-,23-,24?,26-,27+/m1/s1. The Morgan fingerprint density at radius 3 is 2.52 bits per heavy atom. The average Bonchev–Trinajstić information content (AvgIpc) is 3.58. The van der Waals surface area contributed by atoms with Crippen LogP contribution in [0.15, 0.2) is 55.1 Å². The molecule has 6 rings (SSSR count). The van der Waals surface area contributed by atoms with E-state index in [2.05, 4.69) is 15.0 Å². The van der Waals surface area contributed by atoms with Gasteiger partial charge in [-0.1, -0.05) is 24.3 Å². The van der Waals surface area contributed by atoms with E-state index in [-0.39, 0.29) is 22.4 Å². The van der Waals surface area contributed by atoms with Gasteiger partial charge in [0.2, 0.25) is 0 Å². The van der Waals surface area contributed by atoms with Gasteiger partial charge in [0.25, 0.3) is 0 Å². The first-order chi connectivity index (χ1) is 20.7. The Morgan fingerprint density at radius 1 is 1.02 bits per heavy atom. The zero-order valence-corrected chi connectivity index (χ0v) is 23.0. The number of aliphatic hydroxyl groups is 4. The van der Waals surface area contributed by atoms with Gasteiger partial charge < -0.3 is 29.9 Å². The quantitative estimate of drug-likeness (QED) is 0.228. The van der Waals surface area contributed by atoms with E-state index in [4.69, 9.17) is 9.47 Å². The third-order valence-electron chi connectivity index (χ3n) is 8.23. The molecule has 3 heterocycles. The second-order valence-corrected chi connectivity index (χ2v) is 11.0. The predicted octanol–water partition coefficient (Wildman–Crippen LogP) is 3.35. The van der Waals surface area contributed by atoms with Crippen molar-refractivity contribution in [2.45, 2.75) is 68.1 Å². The number of fused-ring (bicyclic) bond motifs is 2. The smallest absolute Gasteiger partial charge is 0.416 e. The molecule has 0 amide bonds. The van der Waals surface area contributed by atoms with Gasteiger partial charge in [-0.05, 0) is 54.7 Å². The third-order valence-corrected chi connectivity index (χ3v) is 8.23. The van der Waals surface area contributed by atoms with Gasteiger partial charge >= 0.3 is 12.1 Å². The minimum Gasteiger partial charge on any atom is -0.491 e. The van der Waals surface area contributed by atoms with Crippen molar-refractivity contribution in [2.75, 3.05) is 6.61 Å². The summed E-state index contributed by atoms with van der Waals surface area (Å²) in [5, 5.41) is 42.5. The van der Waals surface area contributed by atoms with Gasteiger partial charge in [0.05, 0.1) is 17.6 Å². The first kappa shape index (κ1) is 30.3. The van der Waals surface area contributed by atoms with Crippen LogP contribution in [0.5, 0.6) is 5.75 Å². The lowest BCUT2D eigenvalue weighted by atomic mass is 9.86. The molecule has 2 aromatic carbocycles. The summed E-state index contributed by atoms with van der Waals surface area (Å²) in [6.07, 6.45) is -10.8. The fourth-order valence-corrected chi connectivity index (χ4v) is 5.82. The molecule has 4 N–H and O–H groups in total. The van der Waals surface area contributed by atoms with E-state index in [0.717, 1.165) is 6.07 Å². The Bertz CT molecular complexity index is 1700. The monoisotopic (exact) mass is 622 g/mol. The van der Waals surface area contributed by atoms with Gasteiger partial charge in [-0.15, -0.1) is 0 Å². The summed E-state index contributed by atoms with van der Waals surface area (Å²) in [6, 6.07) is 8.02. The molecule has 10 nitrogen and oxygen atoms in total. The molecule has 2 aromatic heterocycles. The summed E-state index contributed by atoms with van der Waals surface area (Å²) in [5.41, 5.74) is -3.01. The van der Waals surface area contributed by atoms with Gasteiger partial charge in [-0.25, -0.2) is 15.0 Å². The zero-order chi connectivity index (χ0) is 31.6. The topological polar surface area (TPSA) is 143 Å². The van der Waals surface area contributed by atoms with Crippen LogP contribution < -0.4 is 4.74 Å². The van der Waals surface area contributed by atoms with Gasteiger partial charge in [0.1, 0.15) is 48.6 Å². The van der Waals surface area contributed by atoms with Gasteiger partial charge in [0, 0.05) is 0 Å². The van der Waals surface area contributed by atoms with E-state index < -0.39 is 73.4 Å². The first-order valence-corrected chi connectivity index (χ1v) is 13.6. The lowest BCUT2D eigenvalue weighted by Crippen LogP contribution is -2.44. The molecule has 1 saturated heterocycles. The number of nitrogens with zero attached hydrogens (tertiary/aromatic N) is 4. The van der Waals surface area contributed by atoms with E-state index in [0.29, 0.717) is 22.9 Å². The van der Waals surface area contributed by atoms with E-state index in [1.165, 1.54) is 47.6 Å². The molecule has 15 heteroatoms. The Hall–Kier alpha value is -3.76. The summed E-state index contributed by atoms with van der Waals surface area (Å²) in [7, 11) is 0. The Kier molecular flexibility index (Phi) is 7.36. The molecule has 2 aliphatic rings. The summed E-state index contributed by atoms with van der Waals surface area (Å²) < 4.78 is 84.2. The largest absolute Gasteiger partial charge is 0.491 e. The van der Waals surface area contributed by atoms with Crippen LogP contribution in [0.3, 0.4) is 0 Å². The number of imidazole rings is 1. The van der Waals surface area contributed by atoms with Gasteiger partial charge in [-0.3, -0.25) is 4.57 Å². The van der Waals surface area contributed by atoms with Crippen LogP contribution in [0.25, 0.3) is 11.2 Å². The second kappa shape index (κ2) is 10.7. The Morgan fingerprint density at radius 2 is 1.77 bits per heavy atom. The maximum Gasteiger partial charge on any atom is 0.416 e. The summed E-state index contributed by atoms with van der Waals surface area (Å²) in [4.78, 5) is 12.4. The molecule has 6 atom stereocenters. The molecule has 4 aromatic rings. The van der Waals surface area contributed by atoms with Crippen molar-refractivity contribution in [2.24, 2.45) is 0 Å². The van der Waals surface area contributed by atoms with Crippen LogP contribution >= 0.6 is 0 Å². The fraction of sp³-hybridized carbons (Fsp3) is 0.414. The molecule has 0 bridgehead atoms. The molecule has 0 radical (unpaired) electrons. The van der Waals surface area contributed by atoms with Crippen molar-refractivity contribution in [1.82, 2.24) is 19.5 Å². The van der Waals surface area contributed by atoms with Crippen LogP contribution in [0.2, 0.25) is 0 Å². The molecule has 44 heavy (non-hydrogen) atoms. The maximum atomic E-state index is 15.1. The number of benzene rings is 2. The maximum absolute atomic E-state index is 15.1. The van der Waals surface area contributed by atoms with Crippen molar-refractivity contribution in [1.29, 1.82) is 0 Å². The third kappa shape index (κ3) is 4.88. The first-order valence-electron chi connectivity index (χ1n) is 13.6. The molecular formula is C29H27F5N4O6. The Labute approximate surface area is 246 Å². The fourth-order valence-electron chi connectivity index (χ4n) is 5.82. The van der Waals surface area contributed by atoms with Crippen molar-refractivity contribution in [3.63, 3.8) is 0 Å².